The molecule has 4 heteroatoms. The number of anilines is 1. The Hall–Kier alpha value is -0.700. The Kier molecular flexibility index (Phi) is 2.13. The van der Waals surface area contributed by atoms with Gasteiger partial charge in [-0.05, 0) is 56.3 Å². The molecule has 4 fully saturated rings. The molecule has 98 valence electrons. The minimum absolute atomic E-state index is 0.251. The quantitative estimate of drug-likeness (QED) is 0.848. The molecule has 0 spiro atoms. The minimum Gasteiger partial charge on any atom is -0.383 e. The summed E-state index contributed by atoms with van der Waals surface area (Å²) in [7, 11) is 1.89. The molecule has 0 amide bonds. The number of rotatable bonds is 1. The van der Waals surface area contributed by atoms with Gasteiger partial charge < -0.3 is 5.73 Å². The third kappa shape index (κ3) is 1.34. The first kappa shape index (κ1) is 11.2. The van der Waals surface area contributed by atoms with Crippen LogP contribution in [0.5, 0.6) is 0 Å². The van der Waals surface area contributed by atoms with Gasteiger partial charge in [0.25, 0.3) is 0 Å². The molecule has 3 nitrogen and oxygen atoms in total. The number of nitrogens with zero attached hydrogens (tertiary/aromatic N) is 2. The molecular weight excluding hydrogens is 246 g/mol. The highest BCUT2D eigenvalue weighted by Crippen LogP contribution is 2.61. The molecule has 18 heavy (non-hydrogen) atoms. The van der Waals surface area contributed by atoms with E-state index in [0.29, 0.717) is 5.82 Å². The SMILES string of the molecule is Cn1nc(C23CC4CC(CC(C4)C2)C3)c(Cl)c1N. The van der Waals surface area contributed by atoms with Crippen LogP contribution in [0.15, 0.2) is 0 Å². The monoisotopic (exact) mass is 265 g/mol. The summed E-state index contributed by atoms with van der Waals surface area (Å²) in [6.45, 7) is 0. The Bertz CT molecular complexity index is 470. The van der Waals surface area contributed by atoms with Crippen molar-refractivity contribution < 1.29 is 0 Å². The summed E-state index contributed by atoms with van der Waals surface area (Å²) < 4.78 is 1.75. The van der Waals surface area contributed by atoms with Crippen molar-refractivity contribution in [3.05, 3.63) is 10.7 Å². The van der Waals surface area contributed by atoms with E-state index in [1.807, 2.05) is 7.05 Å². The van der Waals surface area contributed by atoms with Crippen molar-refractivity contribution >= 4 is 17.4 Å². The zero-order valence-corrected chi connectivity index (χ0v) is 11.6. The van der Waals surface area contributed by atoms with Crippen LogP contribution in [0.4, 0.5) is 5.82 Å². The van der Waals surface area contributed by atoms with Crippen LogP contribution in [0.25, 0.3) is 0 Å². The van der Waals surface area contributed by atoms with E-state index in [1.165, 1.54) is 38.5 Å². The number of aryl methyl sites for hydroxylation is 1. The third-order valence-corrected chi connectivity index (χ3v) is 5.94. The Morgan fingerprint density at radius 2 is 1.67 bits per heavy atom. The first-order chi connectivity index (χ1) is 8.57. The highest BCUT2D eigenvalue weighted by molar-refractivity contribution is 6.33. The van der Waals surface area contributed by atoms with Crippen molar-refractivity contribution in [2.24, 2.45) is 24.8 Å². The molecule has 1 aromatic rings. The predicted octanol–water partition coefficient (Wildman–Crippen LogP) is 3.12. The number of hydrogen-bond acceptors (Lipinski definition) is 2. The van der Waals surface area contributed by atoms with Crippen molar-refractivity contribution in [3.8, 4) is 0 Å². The van der Waals surface area contributed by atoms with Gasteiger partial charge in [0.05, 0.1) is 5.69 Å². The molecular formula is C14H20ClN3. The molecule has 0 atom stereocenters. The van der Waals surface area contributed by atoms with Gasteiger partial charge in [-0.1, -0.05) is 11.6 Å². The van der Waals surface area contributed by atoms with Crippen LogP contribution in [0, 0.1) is 17.8 Å². The van der Waals surface area contributed by atoms with Crippen molar-refractivity contribution in [1.29, 1.82) is 0 Å². The fourth-order valence-corrected chi connectivity index (χ4v) is 5.61. The van der Waals surface area contributed by atoms with E-state index in [1.54, 1.807) is 4.68 Å². The second kappa shape index (κ2) is 3.44. The Labute approximate surface area is 113 Å². The van der Waals surface area contributed by atoms with Gasteiger partial charge in [0.15, 0.2) is 0 Å². The van der Waals surface area contributed by atoms with Gasteiger partial charge in [0.2, 0.25) is 0 Å². The van der Waals surface area contributed by atoms with Crippen LogP contribution >= 0.6 is 11.6 Å². The lowest BCUT2D eigenvalue weighted by molar-refractivity contribution is -0.00737. The highest BCUT2D eigenvalue weighted by atomic mass is 35.5. The van der Waals surface area contributed by atoms with Crippen LogP contribution < -0.4 is 5.73 Å². The van der Waals surface area contributed by atoms with Crippen LogP contribution in [0.1, 0.15) is 44.2 Å². The summed E-state index contributed by atoms with van der Waals surface area (Å²) in [5.74, 6) is 3.36. The van der Waals surface area contributed by atoms with Crippen molar-refractivity contribution in [1.82, 2.24) is 9.78 Å². The summed E-state index contributed by atoms with van der Waals surface area (Å²) in [5.41, 5.74) is 7.34. The molecule has 4 aliphatic carbocycles. The van der Waals surface area contributed by atoms with Crippen LogP contribution in [0.3, 0.4) is 0 Å². The summed E-state index contributed by atoms with van der Waals surface area (Å²) in [6, 6.07) is 0. The molecule has 1 heterocycles. The highest BCUT2D eigenvalue weighted by Gasteiger charge is 2.53. The molecule has 0 radical (unpaired) electrons. The Balaban J connectivity index is 1.81. The van der Waals surface area contributed by atoms with Crippen LogP contribution in [-0.2, 0) is 12.5 Å². The predicted molar refractivity (Wildman–Crippen MR) is 72.5 cm³/mol. The van der Waals surface area contributed by atoms with Gasteiger partial charge in [-0.2, -0.15) is 5.10 Å². The molecule has 0 aliphatic heterocycles. The summed E-state index contributed by atoms with van der Waals surface area (Å²) in [6.07, 6.45) is 8.19. The zero-order valence-electron chi connectivity index (χ0n) is 10.8. The summed E-state index contributed by atoms with van der Waals surface area (Å²) >= 11 is 6.44. The van der Waals surface area contributed by atoms with Crippen LogP contribution in [0.2, 0.25) is 5.02 Å². The van der Waals surface area contributed by atoms with E-state index in [0.717, 1.165) is 28.5 Å². The second-order valence-corrected chi connectivity index (χ2v) is 7.25. The van der Waals surface area contributed by atoms with Crippen molar-refractivity contribution in [3.63, 3.8) is 0 Å². The van der Waals surface area contributed by atoms with Gasteiger partial charge in [-0.25, -0.2) is 0 Å². The van der Waals surface area contributed by atoms with Gasteiger partial charge in [-0.15, -0.1) is 0 Å². The lowest BCUT2D eigenvalue weighted by atomic mass is 9.49. The third-order valence-electron chi connectivity index (χ3n) is 5.57. The van der Waals surface area contributed by atoms with E-state index in [9.17, 15) is 0 Å². The Morgan fingerprint density at radius 3 is 2.06 bits per heavy atom. The van der Waals surface area contributed by atoms with Crippen LogP contribution in [-0.4, -0.2) is 9.78 Å². The lowest BCUT2D eigenvalue weighted by Crippen LogP contribution is -2.48. The van der Waals surface area contributed by atoms with Gasteiger partial charge in [0.1, 0.15) is 10.8 Å². The largest absolute Gasteiger partial charge is 0.383 e. The average molecular weight is 266 g/mol. The molecule has 2 N–H and O–H groups in total. The topological polar surface area (TPSA) is 43.8 Å². The van der Waals surface area contributed by atoms with Gasteiger partial charge in [0, 0.05) is 12.5 Å². The first-order valence-corrected chi connectivity index (χ1v) is 7.43. The molecule has 4 aliphatic rings. The first-order valence-electron chi connectivity index (χ1n) is 7.06. The fraction of sp³-hybridized carbons (Fsp3) is 0.786. The standard InChI is InChI=1S/C14H20ClN3/c1-18-13(16)11(15)12(17-18)14-5-8-2-9(6-14)4-10(3-8)7-14/h8-10H,2-7,16H2,1H3. The van der Waals surface area contributed by atoms with E-state index in [2.05, 4.69) is 5.10 Å². The molecule has 4 bridgehead atoms. The van der Waals surface area contributed by atoms with E-state index >= 15 is 0 Å². The molecule has 5 rings (SSSR count). The number of halogens is 1. The number of nitrogens with two attached hydrogens (primary N) is 1. The van der Waals surface area contributed by atoms with Gasteiger partial charge >= 0.3 is 0 Å². The second-order valence-electron chi connectivity index (χ2n) is 6.87. The summed E-state index contributed by atoms with van der Waals surface area (Å²) in [4.78, 5) is 0. The molecule has 1 aromatic heterocycles. The number of aromatic nitrogens is 2. The smallest absolute Gasteiger partial charge is 0.140 e. The maximum atomic E-state index is 6.44. The Morgan fingerprint density at radius 1 is 1.17 bits per heavy atom. The van der Waals surface area contributed by atoms with E-state index in [-0.39, 0.29) is 5.41 Å². The van der Waals surface area contributed by atoms with E-state index in [4.69, 9.17) is 17.3 Å². The molecule has 0 unspecified atom stereocenters. The minimum atomic E-state index is 0.251. The maximum Gasteiger partial charge on any atom is 0.140 e. The molecule has 4 saturated carbocycles. The normalized spacial score (nSPS) is 41.6. The molecule has 0 aromatic carbocycles. The molecule has 0 saturated heterocycles. The lowest BCUT2D eigenvalue weighted by Gasteiger charge is -2.56. The zero-order chi connectivity index (χ0) is 12.5. The van der Waals surface area contributed by atoms with Crippen molar-refractivity contribution in [2.45, 2.75) is 43.9 Å². The number of hydrogen-bond donors (Lipinski definition) is 1. The van der Waals surface area contributed by atoms with E-state index < -0.39 is 0 Å². The number of nitrogen functional groups attached to an aromatic ring is 1. The fourth-order valence-electron chi connectivity index (χ4n) is 5.25. The van der Waals surface area contributed by atoms with Gasteiger partial charge in [-0.3, -0.25) is 4.68 Å². The van der Waals surface area contributed by atoms with Crippen molar-refractivity contribution in [2.75, 3.05) is 5.73 Å². The average Bonchev–Trinajstić information content (AvgIpc) is 2.56. The maximum absolute atomic E-state index is 6.44. The summed E-state index contributed by atoms with van der Waals surface area (Å²) in [5, 5.41) is 5.38.